The molecule has 1 fully saturated rings. The highest BCUT2D eigenvalue weighted by Gasteiger charge is 2.23. The summed E-state index contributed by atoms with van der Waals surface area (Å²) in [5.41, 5.74) is 3.24. The van der Waals surface area contributed by atoms with Crippen molar-refractivity contribution in [2.24, 2.45) is 13.0 Å². The molecule has 0 unspecified atom stereocenters. The lowest BCUT2D eigenvalue weighted by molar-refractivity contribution is -0.136. The maximum absolute atomic E-state index is 12.1. The van der Waals surface area contributed by atoms with Gasteiger partial charge >= 0.3 is 0 Å². The Bertz CT molecular complexity index is 687. The van der Waals surface area contributed by atoms with Crippen LogP contribution in [0.1, 0.15) is 19.5 Å². The Labute approximate surface area is 143 Å². The second-order valence-electron chi connectivity index (χ2n) is 6.64. The van der Waals surface area contributed by atoms with Crippen LogP contribution in [0.4, 0.5) is 0 Å². The Kier molecular flexibility index (Phi) is 4.94. The number of hydrogen-bond acceptors (Lipinski definition) is 4. The summed E-state index contributed by atoms with van der Waals surface area (Å²) >= 11 is 0. The molecule has 3 heterocycles. The first-order valence-electron chi connectivity index (χ1n) is 8.49. The second-order valence-corrected chi connectivity index (χ2v) is 6.64. The molecule has 6 nitrogen and oxygen atoms in total. The van der Waals surface area contributed by atoms with Crippen molar-refractivity contribution in [2.45, 2.75) is 20.4 Å². The summed E-state index contributed by atoms with van der Waals surface area (Å²) in [6.45, 7) is 8.23. The fraction of sp³-hybridized carbons (Fsp3) is 0.500. The summed E-state index contributed by atoms with van der Waals surface area (Å²) in [6.07, 6.45) is 3.57. The van der Waals surface area contributed by atoms with Crippen molar-refractivity contribution in [1.82, 2.24) is 24.6 Å². The molecule has 1 amide bonds. The maximum Gasteiger partial charge on any atom is 0.225 e. The van der Waals surface area contributed by atoms with Crippen LogP contribution in [0.25, 0.3) is 11.3 Å². The summed E-state index contributed by atoms with van der Waals surface area (Å²) in [4.78, 5) is 20.5. The lowest BCUT2D eigenvalue weighted by Gasteiger charge is -2.35. The van der Waals surface area contributed by atoms with E-state index in [1.54, 1.807) is 12.4 Å². The highest BCUT2D eigenvalue weighted by Crippen LogP contribution is 2.19. The molecule has 0 radical (unpaired) electrons. The summed E-state index contributed by atoms with van der Waals surface area (Å²) in [7, 11) is 1.98. The highest BCUT2D eigenvalue weighted by molar-refractivity contribution is 5.78. The molecule has 0 spiro atoms. The van der Waals surface area contributed by atoms with Crippen molar-refractivity contribution in [2.75, 3.05) is 26.2 Å². The Balaban J connectivity index is 1.62. The molecule has 1 aliphatic heterocycles. The molecule has 0 saturated carbocycles. The van der Waals surface area contributed by atoms with Crippen molar-refractivity contribution in [3.8, 4) is 11.3 Å². The van der Waals surface area contributed by atoms with Gasteiger partial charge in [-0.25, -0.2) is 0 Å². The van der Waals surface area contributed by atoms with E-state index < -0.39 is 0 Å². The smallest absolute Gasteiger partial charge is 0.225 e. The van der Waals surface area contributed by atoms with E-state index in [4.69, 9.17) is 0 Å². The standard InChI is InChI=1S/C18H25N5O/c1-14(2)18(24)23-10-8-22(9-11-23)13-16-12-17(20-21(16)3)15-4-6-19-7-5-15/h4-7,12,14H,8-11,13H2,1-3H3. The van der Waals surface area contributed by atoms with Crippen LogP contribution < -0.4 is 0 Å². The van der Waals surface area contributed by atoms with Gasteiger partial charge in [0.1, 0.15) is 0 Å². The Hall–Kier alpha value is -2.21. The van der Waals surface area contributed by atoms with Crippen molar-refractivity contribution in [1.29, 1.82) is 0 Å². The first kappa shape index (κ1) is 16.6. The molecule has 0 N–H and O–H groups in total. The number of aromatic nitrogens is 3. The molecule has 24 heavy (non-hydrogen) atoms. The third kappa shape index (κ3) is 3.64. The minimum atomic E-state index is 0.0801. The minimum absolute atomic E-state index is 0.0801. The zero-order chi connectivity index (χ0) is 17.1. The van der Waals surface area contributed by atoms with Gasteiger partial charge in [-0.2, -0.15) is 5.10 Å². The lowest BCUT2D eigenvalue weighted by atomic mass is 10.1. The van der Waals surface area contributed by atoms with Crippen LogP contribution in [0.5, 0.6) is 0 Å². The van der Waals surface area contributed by atoms with E-state index in [-0.39, 0.29) is 11.8 Å². The predicted octanol–water partition coefficient (Wildman–Crippen LogP) is 1.78. The number of carbonyl (C=O) groups is 1. The third-order valence-electron chi connectivity index (χ3n) is 4.52. The summed E-state index contributed by atoms with van der Waals surface area (Å²) in [5.74, 6) is 0.340. The second kappa shape index (κ2) is 7.13. The van der Waals surface area contributed by atoms with Crippen LogP contribution in [0, 0.1) is 5.92 Å². The number of amides is 1. The van der Waals surface area contributed by atoms with Gasteiger partial charge in [0.05, 0.1) is 11.4 Å². The van der Waals surface area contributed by atoms with Crippen LogP contribution in [0.2, 0.25) is 0 Å². The van der Waals surface area contributed by atoms with Crippen molar-refractivity contribution in [3.63, 3.8) is 0 Å². The fourth-order valence-corrected chi connectivity index (χ4v) is 3.04. The summed E-state index contributed by atoms with van der Waals surface area (Å²) < 4.78 is 1.95. The van der Waals surface area contributed by atoms with Gasteiger partial charge in [0, 0.05) is 63.6 Å². The van der Waals surface area contributed by atoms with Crippen LogP contribution >= 0.6 is 0 Å². The van der Waals surface area contributed by atoms with Gasteiger partial charge in [0.2, 0.25) is 5.91 Å². The van der Waals surface area contributed by atoms with Crippen LogP contribution in [0.3, 0.4) is 0 Å². The van der Waals surface area contributed by atoms with Crippen molar-refractivity contribution >= 4 is 5.91 Å². The monoisotopic (exact) mass is 327 g/mol. The zero-order valence-corrected chi connectivity index (χ0v) is 14.6. The zero-order valence-electron chi connectivity index (χ0n) is 14.6. The first-order valence-corrected chi connectivity index (χ1v) is 8.49. The molecule has 1 saturated heterocycles. The van der Waals surface area contributed by atoms with Gasteiger partial charge in [0.15, 0.2) is 0 Å². The van der Waals surface area contributed by atoms with Gasteiger partial charge in [-0.15, -0.1) is 0 Å². The number of rotatable bonds is 4. The van der Waals surface area contributed by atoms with Crippen molar-refractivity contribution in [3.05, 3.63) is 36.3 Å². The number of pyridine rings is 1. The topological polar surface area (TPSA) is 54.3 Å². The SMILES string of the molecule is CC(C)C(=O)N1CCN(Cc2cc(-c3ccncc3)nn2C)CC1. The molecule has 2 aromatic rings. The molecule has 6 heteroatoms. The van der Waals surface area contributed by atoms with Crippen LogP contribution in [-0.4, -0.2) is 56.7 Å². The van der Waals surface area contributed by atoms with Crippen molar-refractivity contribution < 1.29 is 4.79 Å². The van der Waals surface area contributed by atoms with Gasteiger partial charge in [-0.1, -0.05) is 13.8 Å². The molecule has 0 aliphatic carbocycles. The van der Waals surface area contributed by atoms with Gasteiger partial charge in [-0.3, -0.25) is 19.4 Å². The minimum Gasteiger partial charge on any atom is -0.340 e. The summed E-state index contributed by atoms with van der Waals surface area (Å²) in [6, 6.07) is 6.09. The number of nitrogens with zero attached hydrogens (tertiary/aromatic N) is 5. The number of piperazine rings is 1. The van der Waals surface area contributed by atoms with E-state index in [1.165, 1.54) is 5.69 Å². The molecule has 3 rings (SSSR count). The maximum atomic E-state index is 12.1. The molecule has 0 atom stereocenters. The molecular formula is C18H25N5O. The van der Waals surface area contributed by atoms with E-state index in [0.29, 0.717) is 0 Å². The number of carbonyl (C=O) groups excluding carboxylic acids is 1. The van der Waals surface area contributed by atoms with Gasteiger partial charge in [-0.05, 0) is 18.2 Å². The normalized spacial score (nSPS) is 15.9. The van der Waals surface area contributed by atoms with Crippen LogP contribution in [-0.2, 0) is 18.4 Å². The Morgan fingerprint density at radius 2 is 1.83 bits per heavy atom. The lowest BCUT2D eigenvalue weighted by Crippen LogP contribution is -2.49. The Morgan fingerprint density at radius 1 is 1.17 bits per heavy atom. The first-order chi connectivity index (χ1) is 11.5. The van der Waals surface area contributed by atoms with Gasteiger partial charge < -0.3 is 4.90 Å². The number of hydrogen-bond donors (Lipinski definition) is 0. The fourth-order valence-electron chi connectivity index (χ4n) is 3.04. The molecule has 2 aromatic heterocycles. The number of aryl methyl sites for hydroxylation is 1. The quantitative estimate of drug-likeness (QED) is 0.859. The molecule has 1 aliphatic rings. The molecule has 0 aromatic carbocycles. The van der Waals surface area contributed by atoms with Crippen LogP contribution in [0.15, 0.2) is 30.6 Å². The molecule has 128 valence electrons. The molecular weight excluding hydrogens is 302 g/mol. The highest BCUT2D eigenvalue weighted by atomic mass is 16.2. The molecule has 0 bridgehead atoms. The average Bonchev–Trinajstić information content (AvgIpc) is 2.96. The Morgan fingerprint density at radius 3 is 2.46 bits per heavy atom. The third-order valence-corrected chi connectivity index (χ3v) is 4.52. The summed E-state index contributed by atoms with van der Waals surface area (Å²) in [5, 5.41) is 4.61. The van der Waals surface area contributed by atoms with E-state index in [9.17, 15) is 4.79 Å². The van der Waals surface area contributed by atoms with E-state index >= 15 is 0 Å². The van der Waals surface area contributed by atoms with Gasteiger partial charge in [0.25, 0.3) is 0 Å². The predicted molar refractivity (Wildman–Crippen MR) is 93.1 cm³/mol. The van der Waals surface area contributed by atoms with E-state index in [2.05, 4.69) is 21.0 Å². The average molecular weight is 327 g/mol. The van der Waals surface area contributed by atoms with E-state index in [0.717, 1.165) is 44.0 Å². The largest absolute Gasteiger partial charge is 0.340 e. The van der Waals surface area contributed by atoms with E-state index in [1.807, 2.05) is 42.6 Å².